The lowest BCUT2D eigenvalue weighted by atomic mass is 9.89. The molecule has 1 fully saturated rings. The summed E-state index contributed by atoms with van der Waals surface area (Å²) in [5, 5.41) is 2.70. The number of amides is 2. The van der Waals surface area contributed by atoms with Crippen molar-refractivity contribution in [3.63, 3.8) is 0 Å². The lowest BCUT2D eigenvalue weighted by Crippen LogP contribution is -2.68. The first-order valence-electron chi connectivity index (χ1n) is 5.63. The van der Waals surface area contributed by atoms with E-state index in [0.29, 0.717) is 18.8 Å². The Morgan fingerprint density at radius 3 is 2.59 bits per heavy atom. The molecule has 1 saturated heterocycles. The highest BCUT2D eigenvalue weighted by Gasteiger charge is 2.40. The van der Waals surface area contributed by atoms with Gasteiger partial charge in [-0.2, -0.15) is 0 Å². The van der Waals surface area contributed by atoms with Crippen LogP contribution >= 0.6 is 0 Å². The number of hydrogen-bond acceptors (Lipinski definition) is 2. The van der Waals surface area contributed by atoms with Gasteiger partial charge in [0.15, 0.2) is 0 Å². The molecule has 0 aromatic heterocycles. The van der Waals surface area contributed by atoms with Gasteiger partial charge in [0.1, 0.15) is 5.82 Å². The normalized spacial score (nSPS) is 17.5. The number of urea groups is 1. The van der Waals surface area contributed by atoms with E-state index >= 15 is 0 Å². The summed E-state index contributed by atoms with van der Waals surface area (Å²) < 4.78 is 12.7. The van der Waals surface area contributed by atoms with Gasteiger partial charge in [0.05, 0.1) is 5.54 Å². The highest BCUT2D eigenvalue weighted by molar-refractivity contribution is 5.90. The van der Waals surface area contributed by atoms with E-state index in [0.717, 1.165) is 6.42 Å². The van der Waals surface area contributed by atoms with E-state index in [2.05, 4.69) is 5.32 Å². The Bertz CT molecular complexity index is 412. The van der Waals surface area contributed by atoms with Crippen molar-refractivity contribution < 1.29 is 9.18 Å². The lowest BCUT2D eigenvalue weighted by Gasteiger charge is -2.47. The van der Waals surface area contributed by atoms with Crippen LogP contribution in [0.25, 0.3) is 0 Å². The van der Waals surface area contributed by atoms with Crippen molar-refractivity contribution >= 4 is 11.7 Å². The molecule has 1 heterocycles. The number of nitrogens with one attached hydrogen (secondary N) is 1. The standard InChI is InChI=1S/C12H16FN3O/c1-2-12(14)7-16(8-12)11(17)15-10-5-3-9(13)4-6-10/h3-6H,2,7-8,14H2,1H3,(H,15,17). The molecule has 1 aromatic carbocycles. The predicted molar refractivity (Wildman–Crippen MR) is 64.2 cm³/mol. The number of nitrogens with two attached hydrogens (primary N) is 1. The SMILES string of the molecule is CCC1(N)CN(C(=O)Nc2ccc(F)cc2)C1. The number of nitrogens with zero attached hydrogens (tertiary/aromatic N) is 1. The molecular formula is C12H16FN3O. The third kappa shape index (κ3) is 2.55. The van der Waals surface area contributed by atoms with Crippen LogP contribution in [-0.2, 0) is 0 Å². The number of carbonyl (C=O) groups excluding carboxylic acids is 1. The second-order valence-corrected chi connectivity index (χ2v) is 4.51. The second kappa shape index (κ2) is 4.33. The molecule has 1 aliphatic rings. The molecule has 0 aliphatic carbocycles. The highest BCUT2D eigenvalue weighted by Crippen LogP contribution is 2.22. The zero-order chi connectivity index (χ0) is 12.5. The molecule has 92 valence electrons. The predicted octanol–water partition coefficient (Wildman–Crippen LogP) is 1.78. The number of halogens is 1. The summed E-state index contributed by atoms with van der Waals surface area (Å²) in [6.07, 6.45) is 0.854. The molecule has 0 bridgehead atoms. The molecule has 0 radical (unpaired) electrons. The molecule has 0 saturated carbocycles. The van der Waals surface area contributed by atoms with Gasteiger partial charge in [-0.15, -0.1) is 0 Å². The van der Waals surface area contributed by atoms with Gasteiger partial charge in [-0.3, -0.25) is 0 Å². The average molecular weight is 237 g/mol. The maximum Gasteiger partial charge on any atom is 0.321 e. The van der Waals surface area contributed by atoms with E-state index in [9.17, 15) is 9.18 Å². The van der Waals surface area contributed by atoms with Gasteiger partial charge in [-0.25, -0.2) is 9.18 Å². The summed E-state index contributed by atoms with van der Waals surface area (Å²) in [5.74, 6) is -0.320. The van der Waals surface area contributed by atoms with Crippen molar-refractivity contribution in [1.82, 2.24) is 4.90 Å². The Morgan fingerprint density at radius 2 is 2.06 bits per heavy atom. The van der Waals surface area contributed by atoms with E-state index in [1.54, 1.807) is 4.90 Å². The summed E-state index contributed by atoms with van der Waals surface area (Å²) in [4.78, 5) is 13.4. The number of benzene rings is 1. The Hall–Kier alpha value is -1.62. The molecule has 17 heavy (non-hydrogen) atoms. The Morgan fingerprint density at radius 1 is 1.47 bits per heavy atom. The van der Waals surface area contributed by atoms with Gasteiger partial charge in [0.2, 0.25) is 0 Å². The zero-order valence-electron chi connectivity index (χ0n) is 9.74. The van der Waals surface area contributed by atoms with E-state index in [4.69, 9.17) is 5.73 Å². The molecule has 0 unspecified atom stereocenters. The lowest BCUT2D eigenvalue weighted by molar-refractivity contribution is 0.102. The zero-order valence-corrected chi connectivity index (χ0v) is 9.74. The molecule has 3 N–H and O–H groups in total. The summed E-state index contributed by atoms with van der Waals surface area (Å²) >= 11 is 0. The van der Waals surface area contributed by atoms with Gasteiger partial charge in [0, 0.05) is 18.8 Å². The van der Waals surface area contributed by atoms with Crippen molar-refractivity contribution in [2.45, 2.75) is 18.9 Å². The number of likely N-dealkylation sites (tertiary alicyclic amines) is 1. The average Bonchev–Trinajstić information content (AvgIpc) is 2.28. The number of carbonyl (C=O) groups is 1. The van der Waals surface area contributed by atoms with Crippen molar-refractivity contribution in [1.29, 1.82) is 0 Å². The highest BCUT2D eigenvalue weighted by atomic mass is 19.1. The number of hydrogen-bond donors (Lipinski definition) is 2. The molecule has 0 spiro atoms. The maximum atomic E-state index is 12.7. The first kappa shape index (κ1) is 11.9. The number of anilines is 1. The quantitative estimate of drug-likeness (QED) is 0.823. The Kier molecular flexibility index (Phi) is 3.02. The maximum absolute atomic E-state index is 12.7. The van der Waals surface area contributed by atoms with Crippen LogP contribution in [-0.4, -0.2) is 29.6 Å². The van der Waals surface area contributed by atoms with Crippen molar-refractivity contribution in [2.75, 3.05) is 18.4 Å². The monoisotopic (exact) mass is 237 g/mol. The topological polar surface area (TPSA) is 58.4 Å². The van der Waals surface area contributed by atoms with Crippen LogP contribution in [0.5, 0.6) is 0 Å². The minimum absolute atomic E-state index is 0.189. The molecule has 2 rings (SSSR count). The second-order valence-electron chi connectivity index (χ2n) is 4.51. The Labute approximate surface area is 99.6 Å². The molecule has 1 aromatic rings. The fraction of sp³-hybridized carbons (Fsp3) is 0.417. The summed E-state index contributed by atoms with van der Waals surface area (Å²) in [6, 6.07) is 5.49. The molecule has 5 heteroatoms. The molecule has 4 nitrogen and oxygen atoms in total. The molecular weight excluding hydrogens is 221 g/mol. The van der Waals surface area contributed by atoms with Crippen molar-refractivity contribution in [3.8, 4) is 0 Å². The Balaban J connectivity index is 1.89. The summed E-state index contributed by atoms with van der Waals surface area (Å²) in [6.45, 7) is 3.14. The smallest absolute Gasteiger partial charge is 0.321 e. The molecule has 1 aliphatic heterocycles. The van der Waals surface area contributed by atoms with Crippen LogP contribution in [0.1, 0.15) is 13.3 Å². The van der Waals surface area contributed by atoms with E-state index in [1.165, 1.54) is 24.3 Å². The minimum atomic E-state index is -0.320. The van der Waals surface area contributed by atoms with Crippen LogP contribution in [0, 0.1) is 5.82 Å². The van der Waals surface area contributed by atoms with Crippen molar-refractivity contribution in [2.24, 2.45) is 5.73 Å². The fourth-order valence-electron chi connectivity index (χ4n) is 1.82. The van der Waals surface area contributed by atoms with Gasteiger partial charge in [0.25, 0.3) is 0 Å². The van der Waals surface area contributed by atoms with Crippen LogP contribution in [0.2, 0.25) is 0 Å². The van der Waals surface area contributed by atoms with Gasteiger partial charge in [-0.1, -0.05) is 6.92 Å². The van der Waals surface area contributed by atoms with E-state index in [-0.39, 0.29) is 17.4 Å². The van der Waals surface area contributed by atoms with E-state index < -0.39 is 0 Å². The van der Waals surface area contributed by atoms with Gasteiger partial charge < -0.3 is 16.0 Å². The largest absolute Gasteiger partial charge is 0.322 e. The first-order chi connectivity index (χ1) is 8.02. The van der Waals surface area contributed by atoms with Crippen LogP contribution < -0.4 is 11.1 Å². The summed E-state index contributed by atoms with van der Waals surface area (Å²) in [5.41, 5.74) is 6.32. The molecule has 2 amide bonds. The van der Waals surface area contributed by atoms with Crippen LogP contribution in [0.15, 0.2) is 24.3 Å². The molecule has 0 atom stereocenters. The summed E-state index contributed by atoms with van der Waals surface area (Å²) in [7, 11) is 0. The van der Waals surface area contributed by atoms with Crippen LogP contribution in [0.3, 0.4) is 0 Å². The first-order valence-corrected chi connectivity index (χ1v) is 5.63. The van der Waals surface area contributed by atoms with E-state index in [1.807, 2.05) is 6.92 Å². The number of rotatable bonds is 2. The van der Waals surface area contributed by atoms with Gasteiger partial charge in [-0.05, 0) is 30.7 Å². The van der Waals surface area contributed by atoms with Crippen molar-refractivity contribution in [3.05, 3.63) is 30.1 Å². The third-order valence-electron chi connectivity index (χ3n) is 3.10. The third-order valence-corrected chi connectivity index (χ3v) is 3.10. The fourth-order valence-corrected chi connectivity index (χ4v) is 1.82. The van der Waals surface area contributed by atoms with Crippen LogP contribution in [0.4, 0.5) is 14.9 Å². The van der Waals surface area contributed by atoms with Gasteiger partial charge >= 0.3 is 6.03 Å². The minimum Gasteiger partial charge on any atom is -0.322 e.